The van der Waals surface area contributed by atoms with Crippen LogP contribution in [-0.2, 0) is 24.5 Å². The summed E-state index contributed by atoms with van der Waals surface area (Å²) in [6.07, 6.45) is -3.33. The maximum absolute atomic E-state index is 11.8. The molecular formula is C10H7F3N2O7S2. The summed E-state index contributed by atoms with van der Waals surface area (Å²) in [5.74, 6) is -1.06. The lowest BCUT2D eigenvalue weighted by atomic mass is 10.4. The maximum atomic E-state index is 11.8. The topological polar surface area (TPSA) is 129 Å². The van der Waals surface area contributed by atoms with E-state index in [4.69, 9.17) is 0 Å². The Balaban J connectivity index is 0.000000506. The molecule has 0 spiro atoms. The maximum Gasteiger partial charge on any atom is 0.573 e. The Hall–Kier alpha value is -2.53. The van der Waals surface area contributed by atoms with E-state index in [0.717, 1.165) is 22.8 Å². The van der Waals surface area contributed by atoms with Gasteiger partial charge in [-0.15, -0.1) is 24.5 Å². The number of carbonyl (C=O) groups excluding carboxylic acids is 3. The fraction of sp³-hybridized carbons (Fsp3) is 0.300. The zero-order valence-corrected chi connectivity index (χ0v) is 13.2. The highest BCUT2D eigenvalue weighted by molar-refractivity contribution is 7.89. The molecule has 0 radical (unpaired) electrons. The average molecular weight is 388 g/mol. The number of rotatable bonds is 5. The summed E-state index contributed by atoms with van der Waals surface area (Å²) < 4.78 is 67.8. The van der Waals surface area contributed by atoms with Crippen LogP contribution in [0.5, 0.6) is 5.75 Å². The van der Waals surface area contributed by atoms with Gasteiger partial charge in [-0.25, -0.2) is 14.4 Å². The number of halogens is 3. The van der Waals surface area contributed by atoms with Gasteiger partial charge >= 0.3 is 22.5 Å². The number of hydrogen-bond donors (Lipinski definition) is 0. The molecule has 0 saturated carbocycles. The molecule has 0 saturated heterocycles. The fourth-order valence-electron chi connectivity index (χ4n) is 0.930. The molecule has 0 aliphatic carbocycles. The van der Waals surface area contributed by atoms with Crippen LogP contribution < -0.4 is 4.74 Å². The Kier molecular flexibility index (Phi) is 8.56. The molecule has 1 aromatic heterocycles. The largest absolute Gasteiger partial charge is 0.573 e. The summed E-state index contributed by atoms with van der Waals surface area (Å²) in [7, 11) is -4.28. The molecule has 0 bridgehead atoms. The first-order valence-corrected chi connectivity index (χ1v) is 7.77. The molecule has 1 aromatic rings. The van der Waals surface area contributed by atoms with Crippen molar-refractivity contribution in [3.63, 3.8) is 0 Å². The molecule has 9 nitrogen and oxygen atoms in total. The number of isocyanates is 2. The smallest absolute Gasteiger partial charge is 0.462 e. The molecular weight excluding hydrogens is 381 g/mol. The predicted molar refractivity (Wildman–Crippen MR) is 72.1 cm³/mol. The predicted octanol–water partition coefficient (Wildman–Crippen LogP) is 1.73. The number of alkyl halides is 3. The monoisotopic (exact) mass is 388 g/mol. The van der Waals surface area contributed by atoms with Crippen molar-refractivity contribution in [1.29, 1.82) is 0 Å². The summed E-state index contributed by atoms with van der Waals surface area (Å²) in [5.41, 5.74) is 0. The van der Waals surface area contributed by atoms with Gasteiger partial charge in [-0.05, 0) is 6.92 Å². The number of nitrogens with zero attached hydrogens (tertiary/aromatic N) is 2. The second kappa shape index (κ2) is 9.57. The lowest BCUT2D eigenvalue weighted by Gasteiger charge is -2.05. The minimum Gasteiger partial charge on any atom is -0.462 e. The van der Waals surface area contributed by atoms with E-state index in [1.54, 1.807) is 6.92 Å². The van der Waals surface area contributed by atoms with E-state index in [1.165, 1.54) is 0 Å². The van der Waals surface area contributed by atoms with Crippen LogP contribution in [0.25, 0.3) is 0 Å². The number of hydrogen-bond acceptors (Lipinski definition) is 8. The van der Waals surface area contributed by atoms with E-state index in [9.17, 15) is 36.0 Å². The Bertz CT molecular complexity index is 736. The zero-order chi connectivity index (χ0) is 18.8. The van der Waals surface area contributed by atoms with E-state index < -0.39 is 28.3 Å². The molecule has 0 aromatic carbocycles. The molecule has 0 N–H and O–H groups in total. The van der Waals surface area contributed by atoms with Crippen molar-refractivity contribution in [2.75, 3.05) is 6.61 Å². The van der Waals surface area contributed by atoms with Crippen molar-refractivity contribution in [3.05, 3.63) is 16.3 Å². The first-order valence-electron chi connectivity index (χ1n) is 5.49. The molecule has 0 fully saturated rings. The van der Waals surface area contributed by atoms with Gasteiger partial charge in [-0.2, -0.15) is 8.42 Å². The highest BCUT2D eigenvalue weighted by Gasteiger charge is 2.31. The van der Waals surface area contributed by atoms with Crippen LogP contribution in [0.4, 0.5) is 13.2 Å². The van der Waals surface area contributed by atoms with Gasteiger partial charge in [0.2, 0.25) is 0 Å². The molecule has 14 heteroatoms. The third-order valence-corrected chi connectivity index (χ3v) is 3.09. The minimum atomic E-state index is -4.74. The molecule has 1 rings (SSSR count). The second-order valence-corrected chi connectivity index (χ2v) is 5.40. The molecule has 24 heavy (non-hydrogen) atoms. The standard InChI is InChI=1S/C8H7F3O3S.C2N2O4S/c1-2-13-7(12)6-3-5(4-15-6)14-8(9,10)11;5-1-3-9(7,8)4-2-6/h3-4H,2H2,1H3;. The zero-order valence-electron chi connectivity index (χ0n) is 11.6. The number of thiophene rings is 1. The molecule has 0 atom stereocenters. The molecule has 0 unspecified atom stereocenters. The van der Waals surface area contributed by atoms with Gasteiger partial charge in [0.15, 0.2) is 0 Å². The summed E-state index contributed by atoms with van der Waals surface area (Å²) >= 11 is 0.839. The van der Waals surface area contributed by atoms with Crippen LogP contribution in [0, 0.1) is 0 Å². The Labute approximate surface area is 136 Å². The van der Waals surface area contributed by atoms with Gasteiger partial charge in [-0.3, -0.25) is 0 Å². The third-order valence-electron chi connectivity index (χ3n) is 1.59. The van der Waals surface area contributed by atoms with Crippen molar-refractivity contribution < 1.29 is 45.4 Å². The van der Waals surface area contributed by atoms with Crippen LogP contribution in [0.15, 0.2) is 20.2 Å². The first kappa shape index (κ1) is 21.5. The fourth-order valence-corrected chi connectivity index (χ4v) is 1.86. The van der Waals surface area contributed by atoms with Crippen molar-refractivity contribution in [2.45, 2.75) is 13.3 Å². The summed E-state index contributed by atoms with van der Waals surface area (Å²) in [5, 5.41) is 1.10. The van der Waals surface area contributed by atoms with E-state index >= 15 is 0 Å². The normalized spacial score (nSPS) is 10.3. The van der Waals surface area contributed by atoms with Crippen molar-refractivity contribution in [3.8, 4) is 5.75 Å². The average Bonchev–Trinajstić information content (AvgIpc) is 2.85. The highest BCUT2D eigenvalue weighted by atomic mass is 32.2. The van der Waals surface area contributed by atoms with Gasteiger partial charge in [0.25, 0.3) is 12.2 Å². The number of esters is 1. The SMILES string of the molecule is CCOC(=O)c1cc(OC(F)(F)F)cs1.O=C=NS(=O)(=O)N=C=O. The molecule has 132 valence electrons. The summed E-state index contributed by atoms with van der Waals surface area (Å²) in [6, 6.07) is 0.996. The third kappa shape index (κ3) is 9.48. The molecule has 1 heterocycles. The second-order valence-electron chi connectivity index (χ2n) is 3.23. The Morgan fingerprint density at radius 1 is 1.29 bits per heavy atom. The van der Waals surface area contributed by atoms with Gasteiger partial charge < -0.3 is 9.47 Å². The number of ether oxygens (including phenoxy) is 2. The van der Waals surface area contributed by atoms with E-state index in [2.05, 4.69) is 18.3 Å². The number of carbonyl (C=O) groups is 1. The summed E-state index contributed by atoms with van der Waals surface area (Å²) in [4.78, 5) is 29.6. The molecule has 0 aliphatic heterocycles. The lowest BCUT2D eigenvalue weighted by molar-refractivity contribution is -0.274. The van der Waals surface area contributed by atoms with Crippen LogP contribution in [0.1, 0.15) is 16.6 Å². The van der Waals surface area contributed by atoms with E-state index in [1.807, 2.05) is 0 Å². The van der Waals surface area contributed by atoms with Crippen LogP contribution in [0.3, 0.4) is 0 Å². The van der Waals surface area contributed by atoms with E-state index in [0.29, 0.717) is 12.2 Å². The van der Waals surface area contributed by atoms with Gasteiger partial charge in [0, 0.05) is 11.4 Å². The van der Waals surface area contributed by atoms with Crippen LogP contribution in [0.2, 0.25) is 0 Å². The Morgan fingerprint density at radius 2 is 1.83 bits per heavy atom. The lowest BCUT2D eigenvalue weighted by Crippen LogP contribution is -2.16. The Morgan fingerprint density at radius 3 is 2.25 bits per heavy atom. The minimum absolute atomic E-state index is 0.0797. The van der Waals surface area contributed by atoms with Crippen molar-refractivity contribution >= 4 is 39.7 Å². The summed E-state index contributed by atoms with van der Waals surface area (Å²) in [6.45, 7) is 1.78. The van der Waals surface area contributed by atoms with Gasteiger partial charge in [0.1, 0.15) is 10.6 Å². The first-order chi connectivity index (χ1) is 11.0. The van der Waals surface area contributed by atoms with E-state index in [-0.39, 0.29) is 11.5 Å². The van der Waals surface area contributed by atoms with Gasteiger partial charge in [-0.1, -0.05) is 8.80 Å². The highest BCUT2D eigenvalue weighted by Crippen LogP contribution is 2.27. The molecule has 0 amide bonds. The van der Waals surface area contributed by atoms with Gasteiger partial charge in [0.05, 0.1) is 6.61 Å². The van der Waals surface area contributed by atoms with Crippen LogP contribution in [-0.4, -0.2) is 39.5 Å². The van der Waals surface area contributed by atoms with Crippen molar-refractivity contribution in [1.82, 2.24) is 0 Å². The van der Waals surface area contributed by atoms with Crippen LogP contribution >= 0.6 is 11.3 Å². The van der Waals surface area contributed by atoms with Crippen molar-refractivity contribution in [2.24, 2.45) is 8.80 Å². The molecule has 0 aliphatic rings. The quantitative estimate of drug-likeness (QED) is 0.427.